The fraction of sp³-hybridized carbons (Fsp3) is 0.400. The molecule has 0 radical (unpaired) electrons. The highest BCUT2D eigenvalue weighted by atomic mass is 35.5. The van der Waals surface area contributed by atoms with Crippen molar-refractivity contribution in [3.63, 3.8) is 0 Å². The lowest BCUT2D eigenvalue weighted by Gasteiger charge is -2.24. The third kappa shape index (κ3) is 2.69. The van der Waals surface area contributed by atoms with Crippen molar-refractivity contribution in [2.75, 3.05) is 6.61 Å². The Balaban J connectivity index is 2.87. The second-order valence-electron chi connectivity index (χ2n) is 3.40. The van der Waals surface area contributed by atoms with Gasteiger partial charge >= 0.3 is 0 Å². The van der Waals surface area contributed by atoms with Crippen molar-refractivity contribution in [1.82, 2.24) is 0 Å². The van der Waals surface area contributed by atoms with Crippen molar-refractivity contribution in [1.29, 1.82) is 0 Å². The van der Waals surface area contributed by atoms with E-state index in [1.54, 1.807) is 12.1 Å². The molecule has 0 saturated carbocycles. The van der Waals surface area contributed by atoms with Gasteiger partial charge in [0.15, 0.2) is 0 Å². The maximum Gasteiger partial charge on any atom is 0.0451 e. The molecule has 1 atom stereocenters. The molecule has 1 rings (SSSR count). The molecule has 72 valence electrons. The summed E-state index contributed by atoms with van der Waals surface area (Å²) in [7, 11) is 0. The molecule has 0 fully saturated rings. The van der Waals surface area contributed by atoms with Crippen LogP contribution in [0.5, 0.6) is 0 Å². The molecular formula is C10H14ClNO. The van der Waals surface area contributed by atoms with Crippen LogP contribution in [-0.2, 0) is 5.54 Å². The summed E-state index contributed by atoms with van der Waals surface area (Å²) in [5.41, 5.74) is 6.51. The Bertz CT molecular complexity index is 269. The SMILES string of the molecule is CC(N)(CCO)c1ccc(Cl)cc1. The second kappa shape index (κ2) is 4.09. The Morgan fingerprint density at radius 1 is 1.38 bits per heavy atom. The molecule has 0 spiro atoms. The zero-order valence-electron chi connectivity index (χ0n) is 7.63. The molecular weight excluding hydrogens is 186 g/mol. The van der Waals surface area contributed by atoms with E-state index in [1.165, 1.54) is 0 Å². The van der Waals surface area contributed by atoms with Crippen molar-refractivity contribution in [3.8, 4) is 0 Å². The zero-order chi connectivity index (χ0) is 9.90. The van der Waals surface area contributed by atoms with E-state index >= 15 is 0 Å². The monoisotopic (exact) mass is 199 g/mol. The molecule has 1 unspecified atom stereocenters. The van der Waals surface area contributed by atoms with Crippen molar-refractivity contribution in [3.05, 3.63) is 34.9 Å². The first kappa shape index (κ1) is 10.5. The Hall–Kier alpha value is -0.570. The maximum atomic E-state index is 8.81. The predicted molar refractivity (Wildman–Crippen MR) is 54.7 cm³/mol. The van der Waals surface area contributed by atoms with E-state index in [0.29, 0.717) is 11.4 Å². The van der Waals surface area contributed by atoms with Crippen molar-refractivity contribution < 1.29 is 5.11 Å². The van der Waals surface area contributed by atoms with E-state index in [4.69, 9.17) is 22.4 Å². The van der Waals surface area contributed by atoms with Gasteiger partial charge in [-0.25, -0.2) is 0 Å². The van der Waals surface area contributed by atoms with Gasteiger partial charge in [0.2, 0.25) is 0 Å². The van der Waals surface area contributed by atoms with E-state index in [2.05, 4.69) is 0 Å². The summed E-state index contributed by atoms with van der Waals surface area (Å²) in [6.45, 7) is 1.99. The first-order valence-corrected chi connectivity index (χ1v) is 4.60. The number of aliphatic hydroxyl groups excluding tert-OH is 1. The van der Waals surface area contributed by atoms with Crippen LogP contribution in [-0.4, -0.2) is 11.7 Å². The quantitative estimate of drug-likeness (QED) is 0.781. The Kier molecular flexibility index (Phi) is 3.31. The number of benzene rings is 1. The molecule has 0 saturated heterocycles. The summed E-state index contributed by atoms with van der Waals surface area (Å²) in [6.07, 6.45) is 0.550. The number of hydrogen-bond acceptors (Lipinski definition) is 2. The third-order valence-corrected chi connectivity index (χ3v) is 2.39. The highest BCUT2D eigenvalue weighted by molar-refractivity contribution is 6.30. The van der Waals surface area contributed by atoms with Gasteiger partial charge in [-0.15, -0.1) is 0 Å². The maximum absolute atomic E-state index is 8.81. The summed E-state index contributed by atoms with van der Waals surface area (Å²) in [6, 6.07) is 7.38. The second-order valence-corrected chi connectivity index (χ2v) is 3.83. The Morgan fingerprint density at radius 2 is 1.92 bits per heavy atom. The first-order valence-electron chi connectivity index (χ1n) is 4.22. The largest absolute Gasteiger partial charge is 0.396 e. The third-order valence-electron chi connectivity index (χ3n) is 2.13. The number of rotatable bonds is 3. The lowest BCUT2D eigenvalue weighted by atomic mass is 9.90. The van der Waals surface area contributed by atoms with Crippen LogP contribution in [0.1, 0.15) is 18.9 Å². The van der Waals surface area contributed by atoms with Crippen LogP contribution in [0.15, 0.2) is 24.3 Å². The van der Waals surface area contributed by atoms with E-state index in [0.717, 1.165) is 5.56 Å². The summed E-state index contributed by atoms with van der Waals surface area (Å²) in [5.74, 6) is 0. The summed E-state index contributed by atoms with van der Waals surface area (Å²) >= 11 is 5.75. The lowest BCUT2D eigenvalue weighted by Crippen LogP contribution is -2.33. The molecule has 2 nitrogen and oxygen atoms in total. The van der Waals surface area contributed by atoms with Crippen molar-refractivity contribution in [2.45, 2.75) is 18.9 Å². The van der Waals surface area contributed by atoms with Gasteiger partial charge in [0, 0.05) is 17.2 Å². The van der Waals surface area contributed by atoms with Crippen LogP contribution in [0.4, 0.5) is 0 Å². The van der Waals surface area contributed by atoms with Gasteiger partial charge < -0.3 is 10.8 Å². The van der Waals surface area contributed by atoms with Gasteiger partial charge in [-0.1, -0.05) is 23.7 Å². The van der Waals surface area contributed by atoms with Crippen LogP contribution in [0.2, 0.25) is 5.02 Å². The molecule has 0 aromatic heterocycles. The average molecular weight is 200 g/mol. The Labute approximate surface area is 83.3 Å². The fourth-order valence-electron chi connectivity index (χ4n) is 1.21. The molecule has 0 aliphatic rings. The summed E-state index contributed by atoms with van der Waals surface area (Å²) < 4.78 is 0. The van der Waals surface area contributed by atoms with Crippen LogP contribution >= 0.6 is 11.6 Å². The van der Waals surface area contributed by atoms with E-state index < -0.39 is 5.54 Å². The van der Waals surface area contributed by atoms with E-state index in [-0.39, 0.29) is 6.61 Å². The molecule has 0 heterocycles. The van der Waals surface area contributed by atoms with E-state index in [1.807, 2.05) is 19.1 Å². The molecule has 0 amide bonds. The molecule has 1 aromatic rings. The molecule has 0 bridgehead atoms. The number of nitrogens with two attached hydrogens (primary N) is 1. The minimum atomic E-state index is -0.473. The number of aliphatic hydroxyl groups is 1. The van der Waals surface area contributed by atoms with Gasteiger partial charge in [0.25, 0.3) is 0 Å². The van der Waals surface area contributed by atoms with Gasteiger partial charge in [0.1, 0.15) is 0 Å². The van der Waals surface area contributed by atoms with Gasteiger partial charge in [-0.2, -0.15) is 0 Å². The summed E-state index contributed by atoms with van der Waals surface area (Å²) in [5, 5.41) is 9.51. The average Bonchev–Trinajstić information content (AvgIpc) is 2.05. The van der Waals surface area contributed by atoms with E-state index in [9.17, 15) is 0 Å². The summed E-state index contributed by atoms with van der Waals surface area (Å²) in [4.78, 5) is 0. The minimum Gasteiger partial charge on any atom is -0.396 e. The topological polar surface area (TPSA) is 46.2 Å². The molecule has 0 aliphatic carbocycles. The number of halogens is 1. The predicted octanol–water partition coefficient (Wildman–Crippen LogP) is 1.90. The molecule has 13 heavy (non-hydrogen) atoms. The first-order chi connectivity index (χ1) is 6.06. The minimum absolute atomic E-state index is 0.0929. The van der Waals surface area contributed by atoms with Crippen LogP contribution < -0.4 is 5.73 Å². The van der Waals surface area contributed by atoms with Gasteiger partial charge in [-0.05, 0) is 31.0 Å². The van der Waals surface area contributed by atoms with Crippen molar-refractivity contribution in [2.24, 2.45) is 5.73 Å². The van der Waals surface area contributed by atoms with Crippen LogP contribution in [0.3, 0.4) is 0 Å². The van der Waals surface area contributed by atoms with Crippen molar-refractivity contribution >= 4 is 11.6 Å². The highest BCUT2D eigenvalue weighted by Crippen LogP contribution is 2.22. The Morgan fingerprint density at radius 3 is 2.38 bits per heavy atom. The standard InChI is InChI=1S/C10H14ClNO/c1-10(12,6-7-13)8-2-4-9(11)5-3-8/h2-5,13H,6-7,12H2,1H3. The zero-order valence-corrected chi connectivity index (χ0v) is 8.38. The number of hydrogen-bond donors (Lipinski definition) is 2. The molecule has 0 aliphatic heterocycles. The molecule has 3 heteroatoms. The smallest absolute Gasteiger partial charge is 0.0451 e. The molecule has 1 aromatic carbocycles. The lowest BCUT2D eigenvalue weighted by molar-refractivity contribution is 0.247. The fourth-order valence-corrected chi connectivity index (χ4v) is 1.33. The van der Waals surface area contributed by atoms with Gasteiger partial charge in [-0.3, -0.25) is 0 Å². The van der Waals surface area contributed by atoms with Gasteiger partial charge in [0.05, 0.1) is 0 Å². The van der Waals surface area contributed by atoms with Crippen LogP contribution in [0, 0.1) is 0 Å². The normalized spacial score (nSPS) is 15.4. The molecule has 3 N–H and O–H groups in total. The van der Waals surface area contributed by atoms with Crippen LogP contribution in [0.25, 0.3) is 0 Å². The highest BCUT2D eigenvalue weighted by Gasteiger charge is 2.19.